The molecule has 78 valence electrons. The maximum Gasteiger partial charge on any atom is 0.316 e. The molecule has 0 heterocycles. The van der Waals surface area contributed by atoms with Crippen molar-refractivity contribution in [3.63, 3.8) is 0 Å². The zero-order valence-electron chi connectivity index (χ0n) is 7.82. The van der Waals surface area contributed by atoms with Gasteiger partial charge in [0.2, 0.25) is 0 Å². The summed E-state index contributed by atoms with van der Waals surface area (Å²) in [5, 5.41) is 17.4. The van der Waals surface area contributed by atoms with Gasteiger partial charge in [-0.3, -0.25) is 9.59 Å². The van der Waals surface area contributed by atoms with Gasteiger partial charge in [-0.2, -0.15) is 0 Å². The van der Waals surface area contributed by atoms with Crippen LogP contribution in [0.3, 0.4) is 0 Å². The first kappa shape index (κ1) is 11.1. The summed E-state index contributed by atoms with van der Waals surface area (Å²) in [6.07, 6.45) is 0.749. The molecule has 0 amide bonds. The molecule has 0 bridgehead atoms. The summed E-state index contributed by atoms with van der Waals surface area (Å²) < 4.78 is 0. The number of aliphatic hydroxyl groups is 1. The number of aliphatic carboxylic acids is 1. The van der Waals surface area contributed by atoms with Gasteiger partial charge in [0, 0.05) is 24.2 Å². The van der Waals surface area contributed by atoms with Crippen molar-refractivity contribution < 1.29 is 19.8 Å². The molecule has 1 aliphatic rings. The molecule has 1 rings (SSSR count). The van der Waals surface area contributed by atoms with Crippen molar-refractivity contribution in [1.29, 1.82) is 0 Å². The van der Waals surface area contributed by atoms with E-state index in [2.05, 4.69) is 0 Å². The van der Waals surface area contributed by atoms with Gasteiger partial charge in [-0.15, -0.1) is 11.8 Å². The summed E-state index contributed by atoms with van der Waals surface area (Å²) in [5.74, 6) is -0.550. The number of ketones is 1. The summed E-state index contributed by atoms with van der Waals surface area (Å²) in [7, 11) is 0. The minimum Gasteiger partial charge on any atom is -0.512 e. The molecule has 0 fully saturated rings. The Balaban J connectivity index is 2.49. The Morgan fingerprint density at radius 3 is 2.64 bits per heavy atom. The van der Waals surface area contributed by atoms with Crippen LogP contribution in [0.15, 0.2) is 11.3 Å². The molecular weight excluding hydrogens is 204 g/mol. The first-order valence-corrected chi connectivity index (χ1v) is 5.36. The fraction of sp³-hybridized carbons (Fsp3) is 0.556. The maximum absolute atomic E-state index is 11.2. The van der Waals surface area contributed by atoms with Gasteiger partial charge < -0.3 is 10.2 Å². The van der Waals surface area contributed by atoms with Crippen LogP contribution in [0.5, 0.6) is 0 Å². The van der Waals surface area contributed by atoms with Crippen LogP contribution in [0.1, 0.15) is 19.8 Å². The number of carbonyl (C=O) groups excluding carboxylic acids is 1. The van der Waals surface area contributed by atoms with E-state index in [9.17, 15) is 14.7 Å². The highest BCUT2D eigenvalue weighted by Crippen LogP contribution is 2.25. The standard InChI is InChI=1S/C9H12O4S/c1-5(9(12)13)14-4-6-7(10)2-3-8(6)11/h5,10H,2-4H2,1H3,(H,12,13). The average Bonchev–Trinajstić information content (AvgIpc) is 2.43. The van der Waals surface area contributed by atoms with Crippen molar-refractivity contribution in [1.82, 2.24) is 0 Å². The van der Waals surface area contributed by atoms with Gasteiger partial charge in [-0.1, -0.05) is 0 Å². The summed E-state index contributed by atoms with van der Waals surface area (Å²) in [6.45, 7) is 1.56. The van der Waals surface area contributed by atoms with Gasteiger partial charge in [0.1, 0.15) is 5.76 Å². The number of carboxylic acids is 1. The smallest absolute Gasteiger partial charge is 0.316 e. The van der Waals surface area contributed by atoms with Crippen LogP contribution in [-0.4, -0.2) is 33.0 Å². The molecule has 0 saturated carbocycles. The normalized spacial score (nSPS) is 18.8. The molecule has 2 N–H and O–H groups in total. The monoisotopic (exact) mass is 216 g/mol. The molecule has 5 heteroatoms. The second-order valence-electron chi connectivity index (χ2n) is 3.14. The highest BCUT2D eigenvalue weighted by Gasteiger charge is 2.23. The number of carbonyl (C=O) groups is 2. The Morgan fingerprint density at radius 1 is 1.57 bits per heavy atom. The lowest BCUT2D eigenvalue weighted by molar-refractivity contribution is -0.136. The second-order valence-corrected chi connectivity index (χ2v) is 4.47. The molecule has 0 aliphatic heterocycles. The van der Waals surface area contributed by atoms with Crippen LogP contribution in [0.25, 0.3) is 0 Å². The zero-order valence-corrected chi connectivity index (χ0v) is 8.63. The fourth-order valence-electron chi connectivity index (χ4n) is 1.14. The zero-order chi connectivity index (χ0) is 10.7. The summed E-state index contributed by atoms with van der Waals surface area (Å²) in [6, 6.07) is 0. The third-order valence-electron chi connectivity index (χ3n) is 2.10. The van der Waals surface area contributed by atoms with E-state index in [4.69, 9.17) is 5.11 Å². The quantitative estimate of drug-likeness (QED) is 0.742. The maximum atomic E-state index is 11.2. The lowest BCUT2D eigenvalue weighted by Gasteiger charge is -2.05. The Morgan fingerprint density at radius 2 is 2.21 bits per heavy atom. The van der Waals surface area contributed by atoms with Gasteiger partial charge in [-0.25, -0.2) is 0 Å². The first-order chi connectivity index (χ1) is 6.52. The Kier molecular flexibility index (Phi) is 3.57. The molecule has 0 spiro atoms. The Labute approximate surface area is 86.0 Å². The van der Waals surface area contributed by atoms with Gasteiger partial charge >= 0.3 is 5.97 Å². The predicted molar refractivity (Wildman–Crippen MR) is 53.5 cm³/mol. The number of allylic oxidation sites excluding steroid dienone is 1. The fourth-order valence-corrected chi connectivity index (χ4v) is 2.02. The minimum atomic E-state index is -0.902. The van der Waals surface area contributed by atoms with E-state index in [-0.39, 0.29) is 17.3 Å². The molecule has 0 saturated heterocycles. The van der Waals surface area contributed by atoms with Crippen molar-refractivity contribution in [3.05, 3.63) is 11.3 Å². The van der Waals surface area contributed by atoms with E-state index < -0.39 is 11.2 Å². The van der Waals surface area contributed by atoms with Crippen LogP contribution in [0.2, 0.25) is 0 Å². The van der Waals surface area contributed by atoms with Gasteiger partial charge in [-0.05, 0) is 6.92 Å². The lowest BCUT2D eigenvalue weighted by Crippen LogP contribution is -2.13. The van der Waals surface area contributed by atoms with E-state index >= 15 is 0 Å². The number of carboxylic acid groups (broad SMARTS) is 1. The molecule has 1 unspecified atom stereocenters. The number of thioether (sulfide) groups is 1. The summed E-state index contributed by atoms with van der Waals surface area (Å²) >= 11 is 1.15. The number of hydrogen-bond donors (Lipinski definition) is 2. The highest BCUT2D eigenvalue weighted by molar-refractivity contribution is 8.00. The number of aliphatic hydroxyl groups excluding tert-OH is 1. The molecule has 0 aromatic heterocycles. The first-order valence-electron chi connectivity index (χ1n) is 4.31. The predicted octanol–water partition coefficient (Wildman–Crippen LogP) is 1.37. The molecular formula is C9H12O4S. The van der Waals surface area contributed by atoms with E-state index in [0.29, 0.717) is 18.4 Å². The Hall–Kier alpha value is -0.970. The lowest BCUT2D eigenvalue weighted by atomic mass is 10.2. The van der Waals surface area contributed by atoms with Crippen molar-refractivity contribution >= 4 is 23.5 Å². The number of rotatable bonds is 4. The van der Waals surface area contributed by atoms with Crippen LogP contribution in [-0.2, 0) is 9.59 Å². The molecule has 14 heavy (non-hydrogen) atoms. The van der Waals surface area contributed by atoms with E-state index in [1.165, 1.54) is 0 Å². The van der Waals surface area contributed by atoms with Gasteiger partial charge in [0.05, 0.1) is 5.25 Å². The van der Waals surface area contributed by atoms with E-state index in [1.807, 2.05) is 0 Å². The average molecular weight is 216 g/mol. The Bertz CT molecular complexity index is 295. The number of Topliss-reactive ketones (excluding diaryl/α,β-unsaturated/α-hetero) is 1. The SMILES string of the molecule is CC(SCC1=C(O)CCC1=O)C(=O)O. The third-order valence-corrected chi connectivity index (χ3v) is 3.26. The minimum absolute atomic E-state index is 0.0624. The van der Waals surface area contributed by atoms with Crippen LogP contribution >= 0.6 is 11.8 Å². The van der Waals surface area contributed by atoms with E-state index in [1.54, 1.807) is 6.92 Å². The summed E-state index contributed by atoms with van der Waals surface area (Å²) in [5.41, 5.74) is 0.392. The molecule has 0 aromatic rings. The molecule has 1 aliphatic carbocycles. The molecule has 1 atom stereocenters. The van der Waals surface area contributed by atoms with Gasteiger partial charge in [0.15, 0.2) is 5.78 Å². The highest BCUT2D eigenvalue weighted by atomic mass is 32.2. The van der Waals surface area contributed by atoms with Crippen molar-refractivity contribution in [2.24, 2.45) is 0 Å². The van der Waals surface area contributed by atoms with Crippen molar-refractivity contribution in [3.8, 4) is 0 Å². The molecule has 0 radical (unpaired) electrons. The van der Waals surface area contributed by atoms with E-state index in [0.717, 1.165) is 11.8 Å². The third kappa shape index (κ3) is 2.51. The van der Waals surface area contributed by atoms with Crippen molar-refractivity contribution in [2.45, 2.75) is 25.0 Å². The number of hydrogen-bond acceptors (Lipinski definition) is 4. The van der Waals surface area contributed by atoms with Crippen LogP contribution in [0, 0.1) is 0 Å². The van der Waals surface area contributed by atoms with Crippen molar-refractivity contribution in [2.75, 3.05) is 5.75 Å². The molecule has 0 aromatic carbocycles. The summed E-state index contributed by atoms with van der Waals surface area (Å²) in [4.78, 5) is 21.7. The second kappa shape index (κ2) is 4.50. The van der Waals surface area contributed by atoms with Gasteiger partial charge in [0.25, 0.3) is 0 Å². The largest absolute Gasteiger partial charge is 0.512 e. The van der Waals surface area contributed by atoms with Crippen LogP contribution in [0.4, 0.5) is 0 Å². The topological polar surface area (TPSA) is 74.6 Å². The molecule has 4 nitrogen and oxygen atoms in total. The van der Waals surface area contributed by atoms with Crippen LogP contribution < -0.4 is 0 Å².